The Kier molecular flexibility index (Phi) is 4.72. The van der Waals surface area contributed by atoms with Crippen LogP contribution in [-0.4, -0.2) is 37.8 Å². The average molecular weight is 378 g/mol. The van der Waals surface area contributed by atoms with Crippen LogP contribution < -0.4 is 4.72 Å². The molecule has 0 amide bonds. The lowest BCUT2D eigenvalue weighted by Crippen LogP contribution is -2.31. The maximum atomic E-state index is 12.3. The van der Waals surface area contributed by atoms with E-state index in [-0.39, 0.29) is 33.5 Å². The first-order valence-electron chi connectivity index (χ1n) is 6.43. The van der Waals surface area contributed by atoms with Gasteiger partial charge in [0, 0.05) is 17.6 Å². The van der Waals surface area contributed by atoms with E-state index in [1.165, 1.54) is 18.2 Å². The summed E-state index contributed by atoms with van der Waals surface area (Å²) in [5.74, 6) is -1.12. The Labute approximate surface area is 131 Å². The van der Waals surface area contributed by atoms with Gasteiger partial charge in [-0.15, -0.1) is 0 Å². The van der Waals surface area contributed by atoms with Crippen molar-refractivity contribution in [3.8, 4) is 0 Å². The lowest BCUT2D eigenvalue weighted by atomic mass is 10.0. The van der Waals surface area contributed by atoms with Crippen molar-refractivity contribution in [1.82, 2.24) is 4.72 Å². The van der Waals surface area contributed by atoms with E-state index in [0.717, 1.165) is 12.8 Å². The van der Waals surface area contributed by atoms with E-state index < -0.39 is 16.0 Å². The van der Waals surface area contributed by atoms with Gasteiger partial charge in [-0.25, -0.2) is 17.9 Å². The molecule has 21 heavy (non-hydrogen) atoms. The van der Waals surface area contributed by atoms with Crippen LogP contribution in [0.1, 0.15) is 29.6 Å². The van der Waals surface area contributed by atoms with Crippen molar-refractivity contribution in [1.29, 1.82) is 0 Å². The molecule has 1 fully saturated rings. The summed E-state index contributed by atoms with van der Waals surface area (Å²) in [5.41, 5.74) is -0.116. The van der Waals surface area contributed by atoms with E-state index in [0.29, 0.717) is 6.42 Å². The third kappa shape index (κ3) is 3.82. The predicted molar refractivity (Wildman–Crippen MR) is 79.7 cm³/mol. The molecule has 1 aromatic carbocycles. The van der Waals surface area contributed by atoms with Crippen LogP contribution in [-0.2, 0) is 10.0 Å². The van der Waals surface area contributed by atoms with E-state index in [9.17, 15) is 13.2 Å². The zero-order valence-electron chi connectivity index (χ0n) is 11.2. The van der Waals surface area contributed by atoms with Crippen molar-refractivity contribution < 1.29 is 23.4 Å². The molecule has 0 aromatic heterocycles. The number of aromatic carboxylic acids is 1. The van der Waals surface area contributed by atoms with Gasteiger partial charge >= 0.3 is 5.97 Å². The molecule has 0 unspecified atom stereocenters. The lowest BCUT2D eigenvalue weighted by molar-refractivity contribution is 0.0696. The highest BCUT2D eigenvalue weighted by atomic mass is 79.9. The maximum absolute atomic E-state index is 12.3. The number of benzene rings is 1. The molecule has 8 heteroatoms. The molecule has 0 bridgehead atoms. The minimum Gasteiger partial charge on any atom is -0.478 e. The number of nitrogens with one attached hydrogen (secondary N) is 1. The molecule has 0 spiro atoms. The molecule has 116 valence electrons. The summed E-state index contributed by atoms with van der Waals surface area (Å²) in [6.07, 6.45) is 2.37. The van der Waals surface area contributed by atoms with Crippen LogP contribution in [0.2, 0.25) is 0 Å². The molecule has 0 aliphatic heterocycles. The molecule has 1 saturated carbocycles. The quantitative estimate of drug-likeness (QED) is 0.669. The third-order valence-electron chi connectivity index (χ3n) is 3.70. The van der Waals surface area contributed by atoms with Crippen LogP contribution in [0.25, 0.3) is 0 Å². The third-order valence-corrected chi connectivity index (χ3v) is 6.08. The average Bonchev–Trinajstić information content (AvgIpc) is 3.17. The Morgan fingerprint density at radius 3 is 2.52 bits per heavy atom. The van der Waals surface area contributed by atoms with Crippen molar-refractivity contribution in [2.24, 2.45) is 5.41 Å². The first-order valence-corrected chi connectivity index (χ1v) is 8.71. The highest BCUT2D eigenvalue weighted by Gasteiger charge is 2.42. The number of hydrogen-bond donors (Lipinski definition) is 3. The molecule has 0 atom stereocenters. The SMILES string of the molecule is O=C(O)c1ccc(S(=O)(=O)NCC2(CCO)CC2)c(Br)c1. The van der Waals surface area contributed by atoms with E-state index in [1.807, 2.05) is 0 Å². The van der Waals surface area contributed by atoms with Crippen molar-refractivity contribution in [3.63, 3.8) is 0 Å². The van der Waals surface area contributed by atoms with Gasteiger partial charge in [-0.3, -0.25) is 0 Å². The first kappa shape index (κ1) is 16.4. The van der Waals surface area contributed by atoms with Gasteiger partial charge in [-0.05, 0) is 58.8 Å². The van der Waals surface area contributed by atoms with Crippen LogP contribution in [0.15, 0.2) is 27.6 Å². The monoisotopic (exact) mass is 377 g/mol. The smallest absolute Gasteiger partial charge is 0.335 e. The summed E-state index contributed by atoms with van der Waals surface area (Å²) < 4.78 is 27.3. The Balaban J connectivity index is 2.14. The van der Waals surface area contributed by atoms with Crippen molar-refractivity contribution >= 4 is 31.9 Å². The van der Waals surface area contributed by atoms with Gasteiger partial charge in [-0.1, -0.05) is 0 Å². The molecule has 1 aromatic rings. The fraction of sp³-hybridized carbons (Fsp3) is 0.462. The Morgan fingerprint density at radius 1 is 1.38 bits per heavy atom. The summed E-state index contributed by atoms with van der Waals surface area (Å²) in [5, 5.41) is 17.8. The number of aliphatic hydroxyl groups excluding tert-OH is 1. The summed E-state index contributed by atoms with van der Waals surface area (Å²) in [4.78, 5) is 10.8. The summed E-state index contributed by atoms with van der Waals surface area (Å²) >= 11 is 3.10. The van der Waals surface area contributed by atoms with Crippen molar-refractivity contribution in [3.05, 3.63) is 28.2 Å². The number of aliphatic hydroxyl groups is 1. The van der Waals surface area contributed by atoms with Gasteiger partial charge in [0.2, 0.25) is 10.0 Å². The van der Waals surface area contributed by atoms with Crippen LogP contribution >= 0.6 is 15.9 Å². The van der Waals surface area contributed by atoms with Gasteiger partial charge in [0.25, 0.3) is 0 Å². The van der Waals surface area contributed by atoms with Gasteiger partial charge in [-0.2, -0.15) is 0 Å². The van der Waals surface area contributed by atoms with Gasteiger partial charge < -0.3 is 10.2 Å². The highest BCUT2D eigenvalue weighted by molar-refractivity contribution is 9.10. The normalized spacial score (nSPS) is 16.7. The topological polar surface area (TPSA) is 104 Å². The van der Waals surface area contributed by atoms with Crippen molar-refractivity contribution in [2.75, 3.05) is 13.2 Å². The zero-order valence-corrected chi connectivity index (χ0v) is 13.6. The molecule has 0 radical (unpaired) electrons. The highest BCUT2D eigenvalue weighted by Crippen LogP contribution is 2.48. The largest absolute Gasteiger partial charge is 0.478 e. The number of rotatable bonds is 7. The lowest BCUT2D eigenvalue weighted by Gasteiger charge is -2.15. The summed E-state index contributed by atoms with van der Waals surface area (Å²) in [7, 11) is -3.72. The molecule has 2 rings (SSSR count). The molecule has 1 aliphatic carbocycles. The van der Waals surface area contributed by atoms with E-state index in [1.54, 1.807) is 0 Å². The molecule has 6 nitrogen and oxygen atoms in total. The van der Waals surface area contributed by atoms with Crippen LogP contribution in [0, 0.1) is 5.41 Å². The Hall–Kier alpha value is -0.960. The number of halogens is 1. The van der Waals surface area contributed by atoms with E-state index in [4.69, 9.17) is 10.2 Å². The van der Waals surface area contributed by atoms with Gasteiger partial charge in [0.15, 0.2) is 0 Å². The molecule has 3 N–H and O–H groups in total. The van der Waals surface area contributed by atoms with Crippen LogP contribution in [0.5, 0.6) is 0 Å². The number of carbonyl (C=O) groups is 1. The molecular weight excluding hydrogens is 362 g/mol. The van der Waals surface area contributed by atoms with Crippen molar-refractivity contribution in [2.45, 2.75) is 24.2 Å². The Morgan fingerprint density at radius 2 is 2.05 bits per heavy atom. The molecule has 0 heterocycles. The number of hydrogen-bond acceptors (Lipinski definition) is 4. The number of sulfonamides is 1. The summed E-state index contributed by atoms with van der Waals surface area (Å²) in [6.45, 7) is 0.321. The van der Waals surface area contributed by atoms with Crippen LogP contribution in [0.4, 0.5) is 0 Å². The standard InChI is InChI=1S/C13H16BrNO5S/c14-10-7-9(12(17)18)1-2-11(10)21(19,20)15-8-13(3-4-13)5-6-16/h1-2,7,15-16H,3-6,8H2,(H,17,18). The fourth-order valence-electron chi connectivity index (χ4n) is 2.11. The van der Waals surface area contributed by atoms with E-state index in [2.05, 4.69) is 20.7 Å². The van der Waals surface area contributed by atoms with Gasteiger partial charge in [0.05, 0.1) is 10.5 Å². The molecule has 1 aliphatic rings. The fourth-order valence-corrected chi connectivity index (χ4v) is 4.34. The zero-order chi connectivity index (χ0) is 15.7. The predicted octanol–water partition coefficient (Wildman–Crippen LogP) is 1.59. The maximum Gasteiger partial charge on any atom is 0.335 e. The molecular formula is C13H16BrNO5S. The second-order valence-electron chi connectivity index (χ2n) is 5.25. The minimum absolute atomic E-state index is 0.00676. The first-order chi connectivity index (χ1) is 9.80. The minimum atomic E-state index is -3.72. The van der Waals surface area contributed by atoms with Crippen LogP contribution in [0.3, 0.4) is 0 Å². The Bertz CT molecular complexity index is 655. The second kappa shape index (κ2) is 6.04. The number of carboxylic acid groups (broad SMARTS) is 1. The van der Waals surface area contributed by atoms with E-state index >= 15 is 0 Å². The second-order valence-corrected chi connectivity index (χ2v) is 7.84. The molecule has 0 saturated heterocycles. The van der Waals surface area contributed by atoms with Gasteiger partial charge in [0.1, 0.15) is 0 Å². The number of carboxylic acids is 1. The summed E-state index contributed by atoms with van der Waals surface area (Å²) in [6, 6.07) is 3.78.